The van der Waals surface area contributed by atoms with Crippen LogP contribution in [-0.4, -0.2) is 37.6 Å². The zero-order valence-corrected chi connectivity index (χ0v) is 13.9. The van der Waals surface area contributed by atoms with E-state index in [9.17, 15) is 4.79 Å². The van der Waals surface area contributed by atoms with Crippen molar-refractivity contribution in [2.75, 3.05) is 26.7 Å². The number of aromatic nitrogens is 1. The van der Waals surface area contributed by atoms with Gasteiger partial charge in [0.1, 0.15) is 12.0 Å². The molecule has 0 bridgehead atoms. The fourth-order valence-corrected chi connectivity index (χ4v) is 2.89. The molecule has 0 spiro atoms. The van der Waals surface area contributed by atoms with Crippen molar-refractivity contribution >= 4 is 5.91 Å². The van der Waals surface area contributed by atoms with E-state index >= 15 is 0 Å². The molecule has 2 heterocycles. The molecule has 1 fully saturated rings. The first-order valence-electron chi connectivity index (χ1n) is 8.33. The van der Waals surface area contributed by atoms with Gasteiger partial charge in [0.2, 0.25) is 0 Å². The van der Waals surface area contributed by atoms with Crippen LogP contribution in [0, 0.1) is 0 Å². The summed E-state index contributed by atoms with van der Waals surface area (Å²) in [6.07, 6.45) is 4.19. The van der Waals surface area contributed by atoms with Crippen molar-refractivity contribution in [2.45, 2.75) is 25.2 Å². The second-order valence-corrected chi connectivity index (χ2v) is 5.95. The van der Waals surface area contributed by atoms with Crippen LogP contribution in [0.15, 0.2) is 34.9 Å². The van der Waals surface area contributed by atoms with Gasteiger partial charge in [0.15, 0.2) is 11.6 Å². The second-order valence-electron chi connectivity index (χ2n) is 5.95. The molecule has 1 aromatic carbocycles. The van der Waals surface area contributed by atoms with Gasteiger partial charge in [-0.1, -0.05) is 12.1 Å². The number of benzene rings is 1. The molecule has 1 aromatic heterocycles. The third kappa shape index (κ3) is 4.14. The molecule has 1 aliphatic heterocycles. The van der Waals surface area contributed by atoms with Gasteiger partial charge in [-0.05, 0) is 50.0 Å². The summed E-state index contributed by atoms with van der Waals surface area (Å²) < 4.78 is 10.7. The Hall–Kier alpha value is -2.34. The van der Waals surface area contributed by atoms with Crippen molar-refractivity contribution in [1.29, 1.82) is 0 Å². The van der Waals surface area contributed by atoms with Crippen LogP contribution in [0.25, 0.3) is 0 Å². The highest BCUT2D eigenvalue weighted by molar-refractivity contribution is 5.91. The summed E-state index contributed by atoms with van der Waals surface area (Å²) in [7, 11) is 1.64. The molecule has 24 heavy (non-hydrogen) atoms. The number of rotatable bonds is 6. The summed E-state index contributed by atoms with van der Waals surface area (Å²) in [6.45, 7) is 2.48. The minimum atomic E-state index is -0.193. The Bertz CT molecular complexity index is 678. The average molecular weight is 329 g/mol. The Balaban J connectivity index is 1.50. The Morgan fingerprint density at radius 3 is 3.04 bits per heavy atom. The summed E-state index contributed by atoms with van der Waals surface area (Å²) in [5.74, 6) is 1.61. The Morgan fingerprint density at radius 2 is 2.25 bits per heavy atom. The van der Waals surface area contributed by atoms with Gasteiger partial charge in [-0.2, -0.15) is 0 Å². The highest BCUT2D eigenvalue weighted by Gasteiger charge is 2.21. The Morgan fingerprint density at radius 1 is 1.42 bits per heavy atom. The van der Waals surface area contributed by atoms with Crippen molar-refractivity contribution in [3.8, 4) is 5.75 Å². The third-order valence-corrected chi connectivity index (χ3v) is 4.28. The molecule has 0 atom stereocenters. The maximum atomic E-state index is 12.2. The third-order valence-electron chi connectivity index (χ3n) is 4.28. The summed E-state index contributed by atoms with van der Waals surface area (Å²) in [5, 5.41) is 6.19. The van der Waals surface area contributed by atoms with Gasteiger partial charge in [-0.25, -0.2) is 4.98 Å². The lowest BCUT2D eigenvalue weighted by Crippen LogP contribution is -2.27. The number of hydrogen-bond acceptors (Lipinski definition) is 5. The summed E-state index contributed by atoms with van der Waals surface area (Å²) in [4.78, 5) is 16.5. The zero-order chi connectivity index (χ0) is 16.8. The number of nitrogens with zero attached hydrogens (tertiary/aromatic N) is 1. The van der Waals surface area contributed by atoms with Gasteiger partial charge >= 0.3 is 0 Å². The predicted octanol–water partition coefficient (Wildman–Crippen LogP) is 2.12. The lowest BCUT2D eigenvalue weighted by atomic mass is 9.98. The predicted molar refractivity (Wildman–Crippen MR) is 90.4 cm³/mol. The number of methoxy groups -OCH3 is 1. The van der Waals surface area contributed by atoms with Crippen LogP contribution in [-0.2, 0) is 6.42 Å². The average Bonchev–Trinajstić information content (AvgIpc) is 3.13. The van der Waals surface area contributed by atoms with E-state index in [1.54, 1.807) is 7.11 Å². The molecular weight excluding hydrogens is 306 g/mol. The SMILES string of the molecule is COc1cccc(CCNC(=O)c2coc(C3CCNCC3)n2)c1. The van der Waals surface area contributed by atoms with Crippen LogP contribution in [0.2, 0.25) is 0 Å². The van der Waals surface area contributed by atoms with Gasteiger partial charge < -0.3 is 19.8 Å². The number of oxazole rings is 1. The van der Waals surface area contributed by atoms with Gasteiger partial charge in [0.25, 0.3) is 5.91 Å². The monoisotopic (exact) mass is 329 g/mol. The van der Waals surface area contributed by atoms with Crippen LogP contribution >= 0.6 is 0 Å². The first-order valence-corrected chi connectivity index (χ1v) is 8.33. The number of amides is 1. The van der Waals surface area contributed by atoms with E-state index < -0.39 is 0 Å². The molecule has 6 nitrogen and oxygen atoms in total. The normalized spacial score (nSPS) is 15.2. The van der Waals surface area contributed by atoms with Crippen LogP contribution in [0.5, 0.6) is 5.75 Å². The number of hydrogen-bond donors (Lipinski definition) is 2. The number of nitrogens with one attached hydrogen (secondary N) is 2. The number of ether oxygens (including phenoxy) is 1. The molecule has 2 aromatic rings. The van der Waals surface area contributed by atoms with Crippen LogP contribution in [0.1, 0.15) is 40.7 Å². The standard InChI is InChI=1S/C18H23N3O3/c1-23-15-4-2-3-13(11-15)5-10-20-17(22)16-12-24-18(21-16)14-6-8-19-9-7-14/h2-4,11-12,14,19H,5-10H2,1H3,(H,20,22). The van der Waals surface area contributed by atoms with Gasteiger partial charge in [0.05, 0.1) is 7.11 Å². The second kappa shape index (κ2) is 7.97. The molecule has 6 heteroatoms. The van der Waals surface area contributed by atoms with Crippen molar-refractivity contribution in [3.05, 3.63) is 47.7 Å². The number of piperidine rings is 1. The molecule has 1 aliphatic rings. The van der Waals surface area contributed by atoms with Crippen molar-refractivity contribution in [1.82, 2.24) is 15.6 Å². The summed E-state index contributed by atoms with van der Waals surface area (Å²) in [5.41, 5.74) is 1.47. The molecule has 3 rings (SSSR count). The first kappa shape index (κ1) is 16.5. The number of carbonyl (C=O) groups excluding carboxylic acids is 1. The molecule has 0 unspecified atom stereocenters. The first-order chi connectivity index (χ1) is 11.8. The van der Waals surface area contributed by atoms with Crippen molar-refractivity contribution in [3.63, 3.8) is 0 Å². The Kier molecular flexibility index (Phi) is 5.48. The van der Waals surface area contributed by atoms with E-state index in [0.29, 0.717) is 24.0 Å². The Labute approximate surface area is 141 Å². The highest BCUT2D eigenvalue weighted by Crippen LogP contribution is 2.24. The van der Waals surface area contributed by atoms with Gasteiger partial charge in [0, 0.05) is 12.5 Å². The lowest BCUT2D eigenvalue weighted by Gasteiger charge is -2.19. The van der Waals surface area contributed by atoms with E-state index in [1.165, 1.54) is 6.26 Å². The molecule has 0 saturated carbocycles. The molecule has 1 saturated heterocycles. The molecular formula is C18H23N3O3. The van der Waals surface area contributed by atoms with E-state index in [2.05, 4.69) is 15.6 Å². The smallest absolute Gasteiger partial charge is 0.273 e. The van der Waals surface area contributed by atoms with Crippen molar-refractivity contribution in [2.24, 2.45) is 0 Å². The van der Waals surface area contributed by atoms with E-state index in [0.717, 1.165) is 43.7 Å². The molecule has 2 N–H and O–H groups in total. The lowest BCUT2D eigenvalue weighted by molar-refractivity contribution is 0.0949. The molecule has 0 radical (unpaired) electrons. The van der Waals surface area contributed by atoms with E-state index in [4.69, 9.17) is 9.15 Å². The van der Waals surface area contributed by atoms with E-state index in [-0.39, 0.29) is 5.91 Å². The maximum absolute atomic E-state index is 12.2. The molecule has 1 amide bonds. The quantitative estimate of drug-likeness (QED) is 0.849. The minimum Gasteiger partial charge on any atom is -0.497 e. The maximum Gasteiger partial charge on any atom is 0.273 e. The van der Waals surface area contributed by atoms with Crippen molar-refractivity contribution < 1.29 is 13.9 Å². The fraction of sp³-hybridized carbons (Fsp3) is 0.444. The van der Waals surface area contributed by atoms with Crippen LogP contribution in [0.4, 0.5) is 0 Å². The molecule has 0 aliphatic carbocycles. The fourth-order valence-electron chi connectivity index (χ4n) is 2.89. The highest BCUT2D eigenvalue weighted by atomic mass is 16.5. The summed E-state index contributed by atoms with van der Waals surface area (Å²) in [6, 6.07) is 7.83. The largest absolute Gasteiger partial charge is 0.497 e. The zero-order valence-electron chi connectivity index (χ0n) is 13.9. The van der Waals surface area contributed by atoms with E-state index in [1.807, 2.05) is 24.3 Å². The van der Waals surface area contributed by atoms with Crippen LogP contribution in [0.3, 0.4) is 0 Å². The number of carbonyl (C=O) groups is 1. The van der Waals surface area contributed by atoms with Gasteiger partial charge in [-0.15, -0.1) is 0 Å². The minimum absolute atomic E-state index is 0.193. The van der Waals surface area contributed by atoms with Gasteiger partial charge in [-0.3, -0.25) is 4.79 Å². The van der Waals surface area contributed by atoms with Crippen LogP contribution < -0.4 is 15.4 Å². The topological polar surface area (TPSA) is 76.4 Å². The molecule has 128 valence electrons. The summed E-state index contributed by atoms with van der Waals surface area (Å²) >= 11 is 0.